The van der Waals surface area contributed by atoms with Gasteiger partial charge in [-0.25, -0.2) is 0 Å². The number of benzene rings is 1. The first-order valence-corrected chi connectivity index (χ1v) is 11.1. The van der Waals surface area contributed by atoms with E-state index in [1.165, 1.54) is 29.6 Å². The van der Waals surface area contributed by atoms with Crippen LogP contribution in [-0.2, 0) is 4.79 Å². The summed E-state index contributed by atoms with van der Waals surface area (Å²) in [4.78, 5) is 40.6. The van der Waals surface area contributed by atoms with Crippen molar-refractivity contribution in [2.45, 2.75) is 26.2 Å². The van der Waals surface area contributed by atoms with Crippen LogP contribution in [0, 0.1) is 0 Å². The molecule has 3 aromatic rings. The van der Waals surface area contributed by atoms with Gasteiger partial charge in [-0.05, 0) is 19.3 Å². The van der Waals surface area contributed by atoms with Crippen molar-refractivity contribution in [1.29, 1.82) is 0 Å². The normalized spacial score (nSPS) is 14.2. The van der Waals surface area contributed by atoms with E-state index in [1.807, 2.05) is 11.0 Å². The maximum absolute atomic E-state index is 13.1. The number of nitrogens with zero attached hydrogens (tertiary/aromatic N) is 1. The van der Waals surface area contributed by atoms with Gasteiger partial charge in [0.15, 0.2) is 0 Å². The van der Waals surface area contributed by atoms with Crippen LogP contribution in [-0.4, -0.2) is 35.6 Å². The zero-order valence-corrected chi connectivity index (χ0v) is 17.6. The maximum atomic E-state index is 13.1. The van der Waals surface area contributed by atoms with Crippen LogP contribution in [0.4, 0.5) is 11.4 Å². The van der Waals surface area contributed by atoms with Crippen molar-refractivity contribution in [2.24, 2.45) is 0 Å². The van der Waals surface area contributed by atoms with Crippen LogP contribution in [0.1, 0.15) is 51.1 Å². The summed E-state index contributed by atoms with van der Waals surface area (Å²) >= 11 is 2.57. The summed E-state index contributed by atoms with van der Waals surface area (Å²) in [5, 5.41) is 3.38. The van der Waals surface area contributed by atoms with Crippen molar-refractivity contribution >= 4 is 61.0 Å². The summed E-state index contributed by atoms with van der Waals surface area (Å²) in [5.74, 6) is -0.523. The number of carbonyl (C=O) groups excluding carboxylic acids is 3. The van der Waals surface area contributed by atoms with Gasteiger partial charge < -0.3 is 16.0 Å². The highest BCUT2D eigenvalue weighted by molar-refractivity contribution is 7.40. The molecular weight excluding hydrogens is 406 g/mol. The minimum atomic E-state index is -0.279. The van der Waals surface area contributed by atoms with Crippen LogP contribution in [0.3, 0.4) is 0 Å². The summed E-state index contributed by atoms with van der Waals surface area (Å²) in [6.07, 6.45) is 3.09. The molecule has 1 aromatic carbocycles. The molecule has 1 aliphatic rings. The molecule has 6 nitrogen and oxygen atoms in total. The molecule has 3 N–H and O–H groups in total. The number of fused-ring (bicyclic) bond motifs is 1. The monoisotopic (exact) mass is 427 g/mol. The van der Waals surface area contributed by atoms with Crippen molar-refractivity contribution in [3.8, 4) is 0 Å². The number of hydrogen-bond acceptors (Lipinski definition) is 6. The molecule has 0 bridgehead atoms. The Labute approximate surface area is 176 Å². The maximum Gasteiger partial charge on any atom is 0.266 e. The Bertz CT molecular complexity index is 1100. The highest BCUT2D eigenvalue weighted by Crippen LogP contribution is 2.47. The fourth-order valence-corrected chi connectivity index (χ4v) is 6.12. The van der Waals surface area contributed by atoms with Crippen LogP contribution in [0.2, 0.25) is 0 Å². The number of nitrogen functional groups attached to an aromatic ring is 1. The third kappa shape index (κ3) is 3.65. The minimum Gasteiger partial charge on any atom is -0.397 e. The van der Waals surface area contributed by atoms with Gasteiger partial charge in [-0.15, -0.1) is 22.7 Å². The van der Waals surface area contributed by atoms with E-state index in [4.69, 9.17) is 5.73 Å². The molecule has 3 heterocycles. The Morgan fingerprint density at radius 1 is 1.00 bits per heavy atom. The quantitative estimate of drug-likeness (QED) is 0.605. The van der Waals surface area contributed by atoms with E-state index >= 15 is 0 Å². The van der Waals surface area contributed by atoms with Gasteiger partial charge in [0.2, 0.25) is 11.7 Å². The predicted molar refractivity (Wildman–Crippen MR) is 118 cm³/mol. The fraction of sp³-hybridized carbons (Fsp3) is 0.286. The Morgan fingerprint density at radius 2 is 1.66 bits per heavy atom. The lowest BCUT2D eigenvalue weighted by atomic mass is 10.1. The number of anilines is 2. The lowest BCUT2D eigenvalue weighted by molar-refractivity contribution is -0.114. The molecule has 0 unspecified atom stereocenters. The average Bonchev–Trinajstić information content (AvgIpc) is 3.25. The van der Waals surface area contributed by atoms with Gasteiger partial charge in [0.05, 0.1) is 20.8 Å². The van der Waals surface area contributed by atoms with Crippen LogP contribution >= 0.6 is 22.7 Å². The SMILES string of the molecule is CC(=O)Nc1c(C(=O)N2CCCCC2)sc2sc(C(=O)c3ccccc3)c(N)c12. The highest BCUT2D eigenvalue weighted by Gasteiger charge is 2.29. The van der Waals surface area contributed by atoms with E-state index in [0.29, 0.717) is 32.1 Å². The van der Waals surface area contributed by atoms with Gasteiger partial charge in [0.25, 0.3) is 5.91 Å². The van der Waals surface area contributed by atoms with Gasteiger partial charge in [-0.3, -0.25) is 14.4 Å². The molecule has 0 aliphatic carbocycles. The number of hydrogen-bond donors (Lipinski definition) is 2. The third-order valence-corrected chi connectivity index (χ3v) is 7.44. The molecule has 0 saturated carbocycles. The summed E-state index contributed by atoms with van der Waals surface area (Å²) in [6.45, 7) is 2.84. The molecule has 0 spiro atoms. The first-order chi connectivity index (χ1) is 14.0. The minimum absolute atomic E-state index is 0.0859. The zero-order chi connectivity index (χ0) is 20.5. The van der Waals surface area contributed by atoms with Crippen LogP contribution < -0.4 is 11.1 Å². The molecule has 1 saturated heterocycles. The van der Waals surface area contributed by atoms with E-state index in [9.17, 15) is 14.4 Å². The lowest BCUT2D eigenvalue weighted by Gasteiger charge is -2.26. The Hall–Kier alpha value is -2.71. The van der Waals surface area contributed by atoms with Crippen molar-refractivity contribution in [2.75, 3.05) is 24.1 Å². The van der Waals surface area contributed by atoms with Gasteiger partial charge in [0, 0.05) is 25.6 Å². The summed E-state index contributed by atoms with van der Waals surface area (Å²) in [7, 11) is 0. The molecule has 1 fully saturated rings. The first-order valence-electron chi connectivity index (χ1n) is 9.48. The number of nitrogens with two attached hydrogens (primary N) is 1. The van der Waals surface area contributed by atoms with E-state index in [1.54, 1.807) is 24.3 Å². The molecular formula is C21H21N3O3S2. The molecule has 2 amide bonds. The van der Waals surface area contributed by atoms with Crippen LogP contribution in [0.5, 0.6) is 0 Å². The molecule has 1 aliphatic heterocycles. The zero-order valence-electron chi connectivity index (χ0n) is 16.0. The standard InChI is InChI=1S/C21H21N3O3S2/c1-12(25)23-16-14-15(22)18(17(26)13-8-4-2-5-9-13)28-21(14)29-19(16)20(27)24-10-6-3-7-11-24/h2,4-5,8-9H,3,6-7,10-11,22H2,1H3,(H,23,25). The number of ketones is 1. The number of thiophene rings is 2. The van der Waals surface area contributed by atoms with Crippen molar-refractivity contribution in [3.05, 3.63) is 45.6 Å². The van der Waals surface area contributed by atoms with E-state index in [2.05, 4.69) is 5.32 Å². The number of likely N-dealkylation sites (tertiary alicyclic amines) is 1. The number of amides is 2. The predicted octanol–water partition coefficient (Wildman–Crippen LogP) is 4.36. The molecule has 0 radical (unpaired) electrons. The van der Waals surface area contributed by atoms with Crippen molar-refractivity contribution < 1.29 is 14.4 Å². The molecule has 0 atom stereocenters. The Kier molecular flexibility index (Phi) is 5.38. The topological polar surface area (TPSA) is 92.5 Å². The van der Waals surface area contributed by atoms with Gasteiger partial charge in [0.1, 0.15) is 9.75 Å². The van der Waals surface area contributed by atoms with Crippen molar-refractivity contribution in [3.63, 3.8) is 0 Å². The summed E-state index contributed by atoms with van der Waals surface area (Å²) < 4.78 is 0.769. The second-order valence-electron chi connectivity index (χ2n) is 7.04. The van der Waals surface area contributed by atoms with Gasteiger partial charge in [-0.1, -0.05) is 30.3 Å². The Balaban J connectivity index is 1.79. The number of rotatable bonds is 4. The van der Waals surface area contributed by atoms with E-state index < -0.39 is 0 Å². The van der Waals surface area contributed by atoms with Crippen LogP contribution in [0.15, 0.2) is 30.3 Å². The molecule has 29 heavy (non-hydrogen) atoms. The lowest BCUT2D eigenvalue weighted by Crippen LogP contribution is -2.35. The van der Waals surface area contributed by atoms with Crippen molar-refractivity contribution in [1.82, 2.24) is 4.90 Å². The largest absolute Gasteiger partial charge is 0.397 e. The Morgan fingerprint density at radius 3 is 2.31 bits per heavy atom. The second kappa shape index (κ2) is 7.96. The highest BCUT2D eigenvalue weighted by atomic mass is 32.2. The van der Waals surface area contributed by atoms with Crippen LogP contribution in [0.25, 0.3) is 9.40 Å². The van der Waals surface area contributed by atoms with E-state index in [-0.39, 0.29) is 17.6 Å². The van der Waals surface area contributed by atoms with Gasteiger partial charge >= 0.3 is 0 Å². The summed E-state index contributed by atoms with van der Waals surface area (Å²) in [5.41, 5.74) is 7.66. The molecule has 2 aromatic heterocycles. The molecule has 8 heteroatoms. The third-order valence-electron chi connectivity index (χ3n) is 4.97. The fourth-order valence-electron chi connectivity index (χ4n) is 3.56. The molecule has 4 rings (SSSR count). The average molecular weight is 428 g/mol. The number of piperidine rings is 1. The number of carbonyl (C=O) groups is 3. The van der Waals surface area contributed by atoms with Gasteiger partial charge in [-0.2, -0.15) is 0 Å². The summed E-state index contributed by atoms with van der Waals surface area (Å²) in [6, 6.07) is 8.95. The van der Waals surface area contributed by atoms with E-state index in [0.717, 1.165) is 36.4 Å². The smallest absolute Gasteiger partial charge is 0.266 e. The number of nitrogens with one attached hydrogen (secondary N) is 1. The first kappa shape index (κ1) is 19.6. The second-order valence-corrected chi connectivity index (χ2v) is 9.34. The molecule has 150 valence electrons.